The molecule has 16 heavy (non-hydrogen) atoms. The number of esters is 1. The van der Waals surface area contributed by atoms with Gasteiger partial charge in [0.1, 0.15) is 5.69 Å². The highest BCUT2D eigenvalue weighted by molar-refractivity contribution is 6.31. The highest BCUT2D eigenvalue weighted by atomic mass is 35.5. The third-order valence-corrected chi connectivity index (χ3v) is 2.08. The van der Waals surface area contributed by atoms with Crippen molar-refractivity contribution in [1.82, 2.24) is 4.98 Å². The molecule has 0 spiro atoms. The summed E-state index contributed by atoms with van der Waals surface area (Å²) < 4.78 is 34.1. The molecule has 1 aromatic rings. The van der Waals surface area contributed by atoms with E-state index in [1.807, 2.05) is 0 Å². The molecule has 0 saturated heterocycles. The van der Waals surface area contributed by atoms with Crippen molar-refractivity contribution >= 4 is 17.6 Å². The monoisotopic (exact) mass is 251 g/mol. The van der Waals surface area contributed by atoms with Crippen molar-refractivity contribution in [3.63, 3.8) is 0 Å². The Morgan fingerprint density at radius 2 is 2.12 bits per heavy atom. The summed E-state index contributed by atoms with van der Waals surface area (Å²) in [5.74, 6) is -0.878. The van der Waals surface area contributed by atoms with Crippen LogP contribution in [0.4, 0.5) is 8.78 Å². The molecule has 1 aromatic heterocycles. The summed E-state index contributed by atoms with van der Waals surface area (Å²) in [6.07, 6.45) is -2.87. The Labute approximate surface area is 95.1 Å². The Balaban J connectivity index is 3.34. The van der Waals surface area contributed by atoms with Gasteiger partial charge >= 0.3 is 5.97 Å². The van der Waals surface area contributed by atoms with Crippen LogP contribution in [0.1, 0.15) is 22.6 Å². The second kappa shape index (κ2) is 5.07. The van der Waals surface area contributed by atoms with Crippen LogP contribution in [0.5, 0.6) is 5.75 Å². The maximum atomic E-state index is 12.5. The van der Waals surface area contributed by atoms with Crippen LogP contribution in [-0.4, -0.2) is 25.2 Å². The van der Waals surface area contributed by atoms with E-state index >= 15 is 0 Å². The number of alkyl halides is 2. The largest absolute Gasteiger partial charge is 0.494 e. The minimum absolute atomic E-state index is 0.0127. The molecule has 0 amide bonds. The lowest BCUT2D eigenvalue weighted by atomic mass is 10.2. The van der Waals surface area contributed by atoms with Gasteiger partial charge in [0.05, 0.1) is 19.2 Å². The van der Waals surface area contributed by atoms with E-state index in [1.165, 1.54) is 7.11 Å². The first-order valence-corrected chi connectivity index (χ1v) is 4.50. The van der Waals surface area contributed by atoms with E-state index in [4.69, 9.17) is 16.3 Å². The van der Waals surface area contributed by atoms with Gasteiger partial charge in [-0.3, -0.25) is 0 Å². The van der Waals surface area contributed by atoms with Crippen molar-refractivity contribution in [3.05, 3.63) is 22.5 Å². The van der Waals surface area contributed by atoms with Crippen LogP contribution in [-0.2, 0) is 4.74 Å². The number of halogens is 3. The van der Waals surface area contributed by atoms with E-state index in [-0.39, 0.29) is 16.5 Å². The number of hydrogen-bond acceptors (Lipinski definition) is 4. The van der Waals surface area contributed by atoms with E-state index < -0.39 is 18.1 Å². The first kappa shape index (κ1) is 12.6. The number of hydrogen-bond donors (Lipinski definition) is 0. The highest BCUT2D eigenvalue weighted by Crippen LogP contribution is 2.30. The molecule has 0 aliphatic rings. The predicted octanol–water partition coefficient (Wildman–Crippen LogP) is 2.47. The summed E-state index contributed by atoms with van der Waals surface area (Å²) in [6, 6.07) is 1.10. The lowest BCUT2D eigenvalue weighted by Gasteiger charge is -2.09. The summed E-state index contributed by atoms with van der Waals surface area (Å²) >= 11 is 5.55. The molecule has 0 unspecified atom stereocenters. The summed E-state index contributed by atoms with van der Waals surface area (Å²) in [5, 5.41) is -0.264. The van der Waals surface area contributed by atoms with Crippen molar-refractivity contribution in [3.8, 4) is 5.75 Å². The van der Waals surface area contributed by atoms with Gasteiger partial charge in [0.2, 0.25) is 0 Å². The lowest BCUT2D eigenvalue weighted by Crippen LogP contribution is -2.09. The molecule has 88 valence electrons. The number of aromatic nitrogens is 1. The Morgan fingerprint density at radius 1 is 1.50 bits per heavy atom. The molecule has 1 rings (SSSR count). The quantitative estimate of drug-likeness (QED) is 0.775. The fraction of sp³-hybridized carbons (Fsp3) is 0.333. The van der Waals surface area contributed by atoms with Gasteiger partial charge in [-0.15, -0.1) is 0 Å². The van der Waals surface area contributed by atoms with E-state index in [2.05, 4.69) is 9.72 Å². The summed E-state index contributed by atoms with van der Waals surface area (Å²) in [4.78, 5) is 14.7. The first-order chi connectivity index (χ1) is 7.51. The van der Waals surface area contributed by atoms with E-state index in [1.54, 1.807) is 0 Å². The minimum atomic E-state index is -2.87. The number of pyridine rings is 1. The topological polar surface area (TPSA) is 48.4 Å². The number of rotatable bonds is 3. The number of carbonyl (C=O) groups excluding carboxylic acids is 1. The van der Waals surface area contributed by atoms with Gasteiger partial charge in [-0.2, -0.15) is 0 Å². The first-order valence-electron chi connectivity index (χ1n) is 4.12. The van der Waals surface area contributed by atoms with Crippen molar-refractivity contribution in [2.75, 3.05) is 14.2 Å². The van der Waals surface area contributed by atoms with Gasteiger partial charge in [0.25, 0.3) is 6.43 Å². The molecule has 0 atom stereocenters. The molecule has 0 bridgehead atoms. The molecule has 1 heterocycles. The van der Waals surface area contributed by atoms with Gasteiger partial charge in [0, 0.05) is 6.07 Å². The van der Waals surface area contributed by atoms with Crippen LogP contribution in [0.25, 0.3) is 0 Å². The Bertz CT molecular complexity index is 412. The van der Waals surface area contributed by atoms with Crippen LogP contribution >= 0.6 is 11.6 Å². The van der Waals surface area contributed by atoms with Crippen LogP contribution in [0, 0.1) is 0 Å². The maximum Gasteiger partial charge on any atom is 0.360 e. The smallest absolute Gasteiger partial charge is 0.360 e. The van der Waals surface area contributed by atoms with E-state index in [0.717, 1.165) is 13.2 Å². The maximum absolute atomic E-state index is 12.5. The number of carbonyl (C=O) groups is 1. The van der Waals surface area contributed by atoms with Gasteiger partial charge < -0.3 is 9.47 Å². The average molecular weight is 252 g/mol. The molecule has 7 heteroatoms. The van der Waals surface area contributed by atoms with Gasteiger partial charge in [-0.1, -0.05) is 11.6 Å². The number of nitrogens with zero attached hydrogens (tertiary/aromatic N) is 1. The van der Waals surface area contributed by atoms with Gasteiger partial charge in [-0.25, -0.2) is 18.6 Å². The molecule has 0 saturated carbocycles. The van der Waals surface area contributed by atoms with Crippen LogP contribution in [0.3, 0.4) is 0 Å². The zero-order valence-electron chi connectivity index (χ0n) is 8.46. The van der Waals surface area contributed by atoms with Crippen LogP contribution < -0.4 is 4.74 Å². The molecule has 0 N–H and O–H groups in total. The summed E-state index contributed by atoms with van der Waals surface area (Å²) in [5.41, 5.74) is -1.01. The predicted molar refractivity (Wildman–Crippen MR) is 52.1 cm³/mol. The van der Waals surface area contributed by atoms with Crippen molar-refractivity contribution in [2.45, 2.75) is 6.43 Å². The third-order valence-electron chi connectivity index (χ3n) is 1.77. The van der Waals surface area contributed by atoms with Crippen molar-refractivity contribution in [1.29, 1.82) is 0 Å². The molecular formula is C9H8ClF2NO3. The van der Waals surface area contributed by atoms with Gasteiger partial charge in [-0.05, 0) is 0 Å². The Hall–Kier alpha value is -1.43. The summed E-state index contributed by atoms with van der Waals surface area (Å²) in [7, 11) is 2.38. The third kappa shape index (κ3) is 2.38. The molecular weight excluding hydrogens is 244 g/mol. The van der Waals surface area contributed by atoms with Crippen molar-refractivity contribution in [2.24, 2.45) is 0 Å². The molecule has 0 aliphatic heterocycles. The lowest BCUT2D eigenvalue weighted by molar-refractivity contribution is 0.0588. The SMILES string of the molecule is COC(=O)c1nc(C(F)F)c(Cl)cc1OC. The fourth-order valence-corrected chi connectivity index (χ4v) is 1.26. The fourth-order valence-electron chi connectivity index (χ4n) is 1.04. The molecule has 4 nitrogen and oxygen atoms in total. The molecule has 0 aromatic carbocycles. The van der Waals surface area contributed by atoms with E-state index in [9.17, 15) is 13.6 Å². The zero-order valence-corrected chi connectivity index (χ0v) is 9.22. The normalized spacial score (nSPS) is 10.4. The van der Waals surface area contributed by atoms with Crippen LogP contribution in [0.15, 0.2) is 6.07 Å². The summed E-state index contributed by atoms with van der Waals surface area (Å²) in [6.45, 7) is 0. The average Bonchev–Trinajstić information content (AvgIpc) is 2.27. The minimum Gasteiger partial charge on any atom is -0.494 e. The standard InChI is InChI=1S/C9H8ClF2NO3/c1-15-5-3-4(10)6(8(11)12)13-7(5)9(14)16-2/h3,8H,1-2H3. The number of ether oxygens (including phenoxy) is 2. The molecule has 0 radical (unpaired) electrons. The van der Waals surface area contributed by atoms with Crippen molar-refractivity contribution < 1.29 is 23.0 Å². The highest BCUT2D eigenvalue weighted by Gasteiger charge is 2.22. The Morgan fingerprint density at radius 3 is 2.56 bits per heavy atom. The van der Waals surface area contributed by atoms with Gasteiger partial charge in [0.15, 0.2) is 11.4 Å². The second-order valence-electron chi connectivity index (χ2n) is 2.70. The Kier molecular flexibility index (Phi) is 4.00. The number of methoxy groups -OCH3 is 2. The van der Waals surface area contributed by atoms with Crippen LogP contribution in [0.2, 0.25) is 5.02 Å². The second-order valence-corrected chi connectivity index (χ2v) is 3.11. The molecule has 0 aliphatic carbocycles. The molecule has 0 fully saturated rings. The zero-order chi connectivity index (χ0) is 12.3. The van der Waals surface area contributed by atoms with E-state index in [0.29, 0.717) is 0 Å².